The van der Waals surface area contributed by atoms with Gasteiger partial charge >= 0.3 is 5.97 Å². The lowest BCUT2D eigenvalue weighted by Crippen LogP contribution is -2.43. The summed E-state index contributed by atoms with van der Waals surface area (Å²) >= 11 is 0. The molecule has 0 radical (unpaired) electrons. The SMILES string of the molecule is COCC(NC(=O)c1c(O)cccc1O)C(=O)O. The van der Waals surface area contributed by atoms with Crippen molar-refractivity contribution in [1.29, 1.82) is 0 Å². The third-order valence-corrected chi connectivity index (χ3v) is 2.18. The summed E-state index contributed by atoms with van der Waals surface area (Å²) in [5, 5.41) is 29.8. The van der Waals surface area contributed by atoms with E-state index in [1.807, 2.05) is 0 Å². The number of carbonyl (C=O) groups excluding carboxylic acids is 1. The zero-order valence-electron chi connectivity index (χ0n) is 9.58. The number of hydrogen-bond donors (Lipinski definition) is 4. The standard InChI is InChI=1S/C11H13NO6/c1-18-5-6(11(16)17)12-10(15)9-7(13)3-2-4-8(9)14/h2-4,6,13-14H,5H2,1H3,(H,12,15)(H,16,17). The zero-order valence-corrected chi connectivity index (χ0v) is 9.58. The minimum atomic E-state index is -1.28. The van der Waals surface area contributed by atoms with Gasteiger partial charge in [-0.15, -0.1) is 0 Å². The Morgan fingerprint density at radius 1 is 1.33 bits per heavy atom. The van der Waals surface area contributed by atoms with Crippen LogP contribution in [0.1, 0.15) is 10.4 Å². The molecule has 0 bridgehead atoms. The molecule has 98 valence electrons. The van der Waals surface area contributed by atoms with Crippen molar-refractivity contribution in [2.24, 2.45) is 0 Å². The fourth-order valence-electron chi connectivity index (χ4n) is 1.33. The Hall–Kier alpha value is -2.28. The van der Waals surface area contributed by atoms with Crippen molar-refractivity contribution in [2.45, 2.75) is 6.04 Å². The number of rotatable bonds is 5. The van der Waals surface area contributed by atoms with Crippen molar-refractivity contribution < 1.29 is 29.6 Å². The van der Waals surface area contributed by atoms with Crippen LogP contribution in [-0.2, 0) is 9.53 Å². The lowest BCUT2D eigenvalue weighted by molar-refractivity contribution is -0.140. The Bertz CT molecular complexity index is 439. The normalized spacial score (nSPS) is 11.8. The van der Waals surface area contributed by atoms with Gasteiger partial charge in [0.1, 0.15) is 17.1 Å². The number of ether oxygens (including phenoxy) is 1. The maximum absolute atomic E-state index is 11.7. The quantitative estimate of drug-likeness (QED) is 0.585. The summed E-state index contributed by atoms with van der Waals surface area (Å²) in [4.78, 5) is 22.5. The van der Waals surface area contributed by atoms with E-state index in [4.69, 9.17) is 5.11 Å². The third kappa shape index (κ3) is 3.11. The second-order valence-corrected chi connectivity index (χ2v) is 3.49. The lowest BCUT2D eigenvalue weighted by Gasteiger charge is -2.14. The van der Waals surface area contributed by atoms with E-state index >= 15 is 0 Å². The van der Waals surface area contributed by atoms with Gasteiger partial charge in [0.25, 0.3) is 5.91 Å². The van der Waals surface area contributed by atoms with E-state index in [2.05, 4.69) is 10.1 Å². The largest absolute Gasteiger partial charge is 0.507 e. The monoisotopic (exact) mass is 255 g/mol. The van der Waals surface area contributed by atoms with Crippen molar-refractivity contribution >= 4 is 11.9 Å². The van der Waals surface area contributed by atoms with Gasteiger partial charge in [-0.05, 0) is 12.1 Å². The highest BCUT2D eigenvalue weighted by atomic mass is 16.5. The Morgan fingerprint density at radius 2 is 1.89 bits per heavy atom. The van der Waals surface area contributed by atoms with E-state index < -0.39 is 29.4 Å². The predicted molar refractivity (Wildman–Crippen MR) is 60.5 cm³/mol. The molecule has 0 aliphatic heterocycles. The fraction of sp³-hybridized carbons (Fsp3) is 0.273. The minimum Gasteiger partial charge on any atom is -0.507 e. The minimum absolute atomic E-state index is 0.227. The Balaban J connectivity index is 2.90. The molecule has 0 saturated heterocycles. The summed E-state index contributed by atoms with van der Waals surface area (Å²) in [6.07, 6.45) is 0. The van der Waals surface area contributed by atoms with Gasteiger partial charge in [0.05, 0.1) is 6.61 Å². The first-order chi connectivity index (χ1) is 8.47. The Labute approximate surface area is 103 Å². The first kappa shape index (κ1) is 13.8. The number of aliphatic carboxylic acids is 1. The molecule has 7 heteroatoms. The smallest absolute Gasteiger partial charge is 0.328 e. The molecule has 1 unspecified atom stereocenters. The predicted octanol–water partition coefficient (Wildman–Crippen LogP) is -0.0728. The van der Waals surface area contributed by atoms with Crippen molar-refractivity contribution in [3.05, 3.63) is 23.8 Å². The van der Waals surface area contributed by atoms with E-state index in [-0.39, 0.29) is 12.2 Å². The number of phenolic OH excluding ortho intramolecular Hbond substituents is 2. The van der Waals surface area contributed by atoms with Crippen molar-refractivity contribution in [3.63, 3.8) is 0 Å². The summed E-state index contributed by atoms with van der Waals surface area (Å²) in [7, 11) is 1.29. The van der Waals surface area contributed by atoms with E-state index in [9.17, 15) is 19.8 Å². The topological polar surface area (TPSA) is 116 Å². The third-order valence-electron chi connectivity index (χ3n) is 2.18. The van der Waals surface area contributed by atoms with Crippen LogP contribution in [0.5, 0.6) is 11.5 Å². The van der Waals surface area contributed by atoms with E-state index in [1.54, 1.807) is 0 Å². The molecule has 1 atom stereocenters. The van der Waals surface area contributed by atoms with Crippen molar-refractivity contribution in [1.82, 2.24) is 5.32 Å². The van der Waals surface area contributed by atoms with Crippen LogP contribution in [0, 0.1) is 0 Å². The second kappa shape index (κ2) is 5.87. The van der Waals surface area contributed by atoms with Gasteiger partial charge in [0.2, 0.25) is 0 Å². The summed E-state index contributed by atoms with van der Waals surface area (Å²) < 4.78 is 4.64. The van der Waals surface area contributed by atoms with Gasteiger partial charge in [-0.3, -0.25) is 4.79 Å². The molecule has 0 heterocycles. The van der Waals surface area contributed by atoms with Gasteiger partial charge in [-0.25, -0.2) is 4.79 Å². The molecule has 18 heavy (non-hydrogen) atoms. The van der Waals surface area contributed by atoms with Crippen molar-refractivity contribution in [3.8, 4) is 11.5 Å². The van der Waals surface area contributed by atoms with Gasteiger partial charge in [0, 0.05) is 7.11 Å². The van der Waals surface area contributed by atoms with Crippen LogP contribution in [0.15, 0.2) is 18.2 Å². The maximum atomic E-state index is 11.7. The number of methoxy groups -OCH3 is 1. The van der Waals surface area contributed by atoms with E-state index in [0.717, 1.165) is 0 Å². The van der Waals surface area contributed by atoms with Crippen molar-refractivity contribution in [2.75, 3.05) is 13.7 Å². The van der Waals surface area contributed by atoms with Crippen LogP contribution in [0.4, 0.5) is 0 Å². The number of carboxylic acids is 1. The summed E-state index contributed by atoms with van der Waals surface area (Å²) in [5.74, 6) is -3.04. The number of nitrogens with one attached hydrogen (secondary N) is 1. The molecule has 0 fully saturated rings. The number of aromatic hydroxyl groups is 2. The molecular weight excluding hydrogens is 242 g/mol. The average Bonchev–Trinajstić information content (AvgIpc) is 2.28. The van der Waals surface area contributed by atoms with Gasteiger partial charge in [0.15, 0.2) is 6.04 Å². The number of benzene rings is 1. The number of carboxylic acid groups (broad SMARTS) is 1. The highest BCUT2D eigenvalue weighted by molar-refractivity contribution is 6.01. The summed E-state index contributed by atoms with van der Waals surface area (Å²) in [5.41, 5.74) is -0.375. The highest BCUT2D eigenvalue weighted by Gasteiger charge is 2.23. The number of phenols is 2. The Morgan fingerprint density at radius 3 is 2.33 bits per heavy atom. The van der Waals surface area contributed by atoms with Crippen LogP contribution in [-0.4, -0.2) is 47.0 Å². The fourth-order valence-corrected chi connectivity index (χ4v) is 1.33. The molecule has 0 saturated carbocycles. The van der Waals surface area contributed by atoms with Crippen LogP contribution in [0.2, 0.25) is 0 Å². The molecule has 0 aliphatic rings. The lowest BCUT2D eigenvalue weighted by atomic mass is 10.1. The molecule has 1 aromatic carbocycles. The second-order valence-electron chi connectivity index (χ2n) is 3.49. The number of carbonyl (C=O) groups is 2. The summed E-state index contributed by atoms with van der Waals surface area (Å²) in [6.45, 7) is -0.227. The molecule has 4 N–H and O–H groups in total. The highest BCUT2D eigenvalue weighted by Crippen LogP contribution is 2.25. The molecule has 7 nitrogen and oxygen atoms in total. The van der Waals surface area contributed by atoms with Crippen LogP contribution in [0.25, 0.3) is 0 Å². The molecule has 1 amide bonds. The maximum Gasteiger partial charge on any atom is 0.328 e. The molecule has 0 aliphatic carbocycles. The molecule has 1 aromatic rings. The number of amides is 1. The molecule has 1 rings (SSSR count). The van der Waals surface area contributed by atoms with Gasteiger partial charge < -0.3 is 25.4 Å². The average molecular weight is 255 g/mol. The van der Waals surface area contributed by atoms with E-state index in [1.165, 1.54) is 25.3 Å². The zero-order chi connectivity index (χ0) is 13.7. The van der Waals surface area contributed by atoms with Crippen LogP contribution < -0.4 is 5.32 Å². The Kier molecular flexibility index (Phi) is 4.50. The van der Waals surface area contributed by atoms with Gasteiger partial charge in [-0.1, -0.05) is 6.07 Å². The first-order valence-electron chi connectivity index (χ1n) is 5.01. The first-order valence-corrected chi connectivity index (χ1v) is 5.01. The van der Waals surface area contributed by atoms with Crippen LogP contribution in [0.3, 0.4) is 0 Å². The molecule has 0 spiro atoms. The summed E-state index contributed by atoms with van der Waals surface area (Å²) in [6, 6.07) is 2.51. The van der Waals surface area contributed by atoms with Gasteiger partial charge in [-0.2, -0.15) is 0 Å². The van der Waals surface area contributed by atoms with E-state index in [0.29, 0.717) is 0 Å². The number of hydrogen-bond acceptors (Lipinski definition) is 5. The molecule has 0 aromatic heterocycles. The molecular formula is C11H13NO6. The van der Waals surface area contributed by atoms with Crippen LogP contribution >= 0.6 is 0 Å².